The second kappa shape index (κ2) is 7.75. The molecular weight excluding hydrogens is 264 g/mol. The van der Waals surface area contributed by atoms with Crippen molar-refractivity contribution < 1.29 is 0 Å². The molecule has 2 nitrogen and oxygen atoms in total. The highest BCUT2D eigenvalue weighted by Crippen LogP contribution is 2.21. The molecule has 0 aliphatic heterocycles. The Labute approximate surface area is 126 Å². The van der Waals surface area contributed by atoms with Crippen molar-refractivity contribution in [3.05, 3.63) is 36.0 Å². The van der Waals surface area contributed by atoms with Gasteiger partial charge in [-0.3, -0.25) is 0 Å². The Bertz CT molecular complexity index is 531. The molecule has 3 heteroatoms. The van der Waals surface area contributed by atoms with E-state index in [1.807, 2.05) is 11.8 Å². The van der Waals surface area contributed by atoms with Gasteiger partial charge in [-0.25, -0.2) is 0 Å². The molecule has 0 unspecified atom stereocenters. The first kappa shape index (κ1) is 15.5. The number of fused-ring (bicyclic) bond motifs is 1. The van der Waals surface area contributed by atoms with E-state index in [1.54, 1.807) is 0 Å². The Hall–Kier alpha value is -0.930. The van der Waals surface area contributed by atoms with E-state index in [0.717, 1.165) is 19.6 Å². The zero-order valence-corrected chi connectivity index (χ0v) is 13.7. The molecular formula is C17H26N2S. The van der Waals surface area contributed by atoms with Crippen LogP contribution < -0.4 is 5.32 Å². The summed E-state index contributed by atoms with van der Waals surface area (Å²) in [6.07, 6.45) is 2.23. The van der Waals surface area contributed by atoms with Crippen LogP contribution in [0.1, 0.15) is 26.3 Å². The van der Waals surface area contributed by atoms with Crippen LogP contribution >= 0.6 is 11.8 Å². The average Bonchev–Trinajstić information content (AvgIpc) is 2.83. The minimum Gasteiger partial charge on any atom is -0.346 e. The van der Waals surface area contributed by atoms with Gasteiger partial charge in [0, 0.05) is 25.0 Å². The lowest BCUT2D eigenvalue weighted by molar-refractivity contribution is 0.552. The molecule has 0 saturated carbocycles. The molecule has 2 aromatic rings. The van der Waals surface area contributed by atoms with E-state index in [-0.39, 0.29) is 0 Å². The summed E-state index contributed by atoms with van der Waals surface area (Å²) in [5, 5.41) is 4.92. The molecule has 1 heterocycles. The fraction of sp³-hybridized carbons (Fsp3) is 0.529. The molecule has 0 fully saturated rings. The summed E-state index contributed by atoms with van der Waals surface area (Å²) in [6.45, 7) is 9.85. The number of thioether (sulfide) groups is 1. The number of nitrogens with zero attached hydrogens (tertiary/aromatic N) is 1. The summed E-state index contributed by atoms with van der Waals surface area (Å²) in [4.78, 5) is 0. The highest BCUT2D eigenvalue weighted by molar-refractivity contribution is 7.99. The number of para-hydroxylation sites is 1. The van der Waals surface area contributed by atoms with Crippen LogP contribution in [0.15, 0.2) is 30.5 Å². The van der Waals surface area contributed by atoms with Gasteiger partial charge in [-0.15, -0.1) is 0 Å². The summed E-state index contributed by atoms with van der Waals surface area (Å²) >= 11 is 2.01. The van der Waals surface area contributed by atoms with Crippen molar-refractivity contribution in [2.24, 2.45) is 5.92 Å². The van der Waals surface area contributed by atoms with Crippen molar-refractivity contribution >= 4 is 22.7 Å². The van der Waals surface area contributed by atoms with Crippen LogP contribution in [0.25, 0.3) is 10.9 Å². The van der Waals surface area contributed by atoms with Crippen LogP contribution in [0.3, 0.4) is 0 Å². The van der Waals surface area contributed by atoms with E-state index in [9.17, 15) is 0 Å². The first-order chi connectivity index (χ1) is 9.72. The molecule has 0 aliphatic carbocycles. The molecule has 20 heavy (non-hydrogen) atoms. The number of hydrogen-bond donors (Lipinski definition) is 1. The van der Waals surface area contributed by atoms with Crippen LogP contribution in [-0.2, 0) is 13.1 Å². The predicted octanol–water partition coefficient (Wildman–Crippen LogP) is 4.14. The van der Waals surface area contributed by atoms with Gasteiger partial charge >= 0.3 is 0 Å². The number of benzene rings is 1. The molecule has 1 N–H and O–H groups in total. The summed E-state index contributed by atoms with van der Waals surface area (Å²) in [6, 6.07) is 8.86. The summed E-state index contributed by atoms with van der Waals surface area (Å²) in [5.74, 6) is 3.08. The maximum absolute atomic E-state index is 3.56. The smallest absolute Gasteiger partial charge is 0.0526 e. The van der Waals surface area contributed by atoms with Gasteiger partial charge in [-0.1, -0.05) is 39.0 Å². The van der Waals surface area contributed by atoms with Crippen molar-refractivity contribution in [1.82, 2.24) is 9.88 Å². The van der Waals surface area contributed by atoms with E-state index in [2.05, 4.69) is 61.1 Å². The van der Waals surface area contributed by atoms with E-state index in [4.69, 9.17) is 0 Å². The highest BCUT2D eigenvalue weighted by atomic mass is 32.2. The molecule has 0 spiro atoms. The van der Waals surface area contributed by atoms with Gasteiger partial charge < -0.3 is 9.88 Å². The van der Waals surface area contributed by atoms with Gasteiger partial charge in [0.2, 0.25) is 0 Å². The van der Waals surface area contributed by atoms with Gasteiger partial charge in [-0.2, -0.15) is 11.8 Å². The lowest BCUT2D eigenvalue weighted by Crippen LogP contribution is -2.19. The second-order valence-electron chi connectivity index (χ2n) is 5.59. The Morgan fingerprint density at radius 1 is 1.25 bits per heavy atom. The molecule has 0 radical (unpaired) electrons. The van der Waals surface area contributed by atoms with Gasteiger partial charge in [-0.05, 0) is 35.2 Å². The van der Waals surface area contributed by atoms with E-state index in [1.165, 1.54) is 28.0 Å². The zero-order chi connectivity index (χ0) is 14.4. The predicted molar refractivity (Wildman–Crippen MR) is 91.5 cm³/mol. The molecule has 110 valence electrons. The second-order valence-corrected chi connectivity index (χ2v) is 6.98. The Morgan fingerprint density at radius 3 is 2.85 bits per heavy atom. The third-order valence-electron chi connectivity index (χ3n) is 3.42. The molecule has 1 aromatic carbocycles. The van der Waals surface area contributed by atoms with Crippen LogP contribution in [0.2, 0.25) is 0 Å². The normalized spacial score (nSPS) is 11.6. The molecule has 1 aromatic heterocycles. The van der Waals surface area contributed by atoms with Gasteiger partial charge in [0.1, 0.15) is 0 Å². The molecule has 0 atom stereocenters. The molecule has 0 aliphatic rings. The summed E-state index contributed by atoms with van der Waals surface area (Å²) in [7, 11) is 0. The number of aryl methyl sites for hydroxylation is 1. The van der Waals surface area contributed by atoms with Gasteiger partial charge in [0.15, 0.2) is 0 Å². The SMILES string of the molecule is CCSCCn1ccc2cccc(CNCC(C)C)c21. The Kier molecular flexibility index (Phi) is 5.99. The fourth-order valence-corrected chi connectivity index (χ4v) is 3.09. The van der Waals surface area contributed by atoms with Crippen molar-refractivity contribution in [3.8, 4) is 0 Å². The fourth-order valence-electron chi connectivity index (χ4n) is 2.47. The van der Waals surface area contributed by atoms with Crippen LogP contribution in [0.4, 0.5) is 0 Å². The maximum Gasteiger partial charge on any atom is 0.0526 e. The number of rotatable bonds is 8. The molecule has 0 amide bonds. The molecule has 0 saturated heterocycles. The third-order valence-corrected chi connectivity index (χ3v) is 4.30. The standard InChI is InChI=1S/C17H26N2S/c1-4-20-11-10-19-9-8-15-6-5-7-16(17(15)19)13-18-12-14(2)3/h5-9,14,18H,4,10-13H2,1-3H3. The Balaban J connectivity index is 2.13. The van der Waals surface area contributed by atoms with Gasteiger partial charge in [0.05, 0.1) is 5.52 Å². The monoisotopic (exact) mass is 290 g/mol. The zero-order valence-electron chi connectivity index (χ0n) is 12.9. The summed E-state index contributed by atoms with van der Waals surface area (Å²) in [5.41, 5.74) is 2.81. The van der Waals surface area contributed by atoms with Crippen molar-refractivity contribution in [1.29, 1.82) is 0 Å². The van der Waals surface area contributed by atoms with Crippen LogP contribution in [0.5, 0.6) is 0 Å². The van der Waals surface area contributed by atoms with Crippen LogP contribution in [-0.4, -0.2) is 22.6 Å². The third kappa shape index (κ3) is 4.03. The van der Waals surface area contributed by atoms with Crippen molar-refractivity contribution in [2.45, 2.75) is 33.9 Å². The first-order valence-corrected chi connectivity index (χ1v) is 8.73. The highest BCUT2D eigenvalue weighted by Gasteiger charge is 2.06. The number of hydrogen-bond acceptors (Lipinski definition) is 2. The number of aromatic nitrogens is 1. The number of nitrogens with one attached hydrogen (secondary N) is 1. The van der Waals surface area contributed by atoms with Crippen LogP contribution in [0, 0.1) is 5.92 Å². The maximum atomic E-state index is 3.56. The van der Waals surface area contributed by atoms with E-state index in [0.29, 0.717) is 5.92 Å². The van der Waals surface area contributed by atoms with E-state index < -0.39 is 0 Å². The lowest BCUT2D eigenvalue weighted by Gasteiger charge is -2.12. The minimum atomic E-state index is 0.696. The Morgan fingerprint density at radius 2 is 2.10 bits per heavy atom. The van der Waals surface area contributed by atoms with Crippen molar-refractivity contribution in [3.63, 3.8) is 0 Å². The summed E-state index contributed by atoms with van der Waals surface area (Å²) < 4.78 is 2.41. The van der Waals surface area contributed by atoms with E-state index >= 15 is 0 Å². The van der Waals surface area contributed by atoms with Gasteiger partial charge in [0.25, 0.3) is 0 Å². The quantitative estimate of drug-likeness (QED) is 0.736. The molecule has 2 rings (SSSR count). The largest absolute Gasteiger partial charge is 0.346 e. The lowest BCUT2D eigenvalue weighted by atomic mass is 10.1. The molecule has 0 bridgehead atoms. The van der Waals surface area contributed by atoms with Crippen molar-refractivity contribution in [2.75, 3.05) is 18.1 Å². The first-order valence-electron chi connectivity index (χ1n) is 7.57. The topological polar surface area (TPSA) is 17.0 Å². The average molecular weight is 290 g/mol. The minimum absolute atomic E-state index is 0.696.